The van der Waals surface area contributed by atoms with Gasteiger partial charge in [0.1, 0.15) is 5.69 Å². The average Bonchev–Trinajstić information content (AvgIpc) is 2.36. The third-order valence-electron chi connectivity index (χ3n) is 3.79. The number of benzene rings is 1. The molecule has 106 valence electrons. The predicted molar refractivity (Wildman–Crippen MR) is 79.6 cm³/mol. The molecule has 1 amide bonds. The summed E-state index contributed by atoms with van der Waals surface area (Å²) in [5.41, 5.74) is -0.654. The van der Waals surface area contributed by atoms with Crippen LogP contribution in [0.5, 0.6) is 0 Å². The molecule has 4 heteroatoms. The molecule has 0 aliphatic carbocycles. The lowest BCUT2D eigenvalue weighted by molar-refractivity contribution is -0.00301. The van der Waals surface area contributed by atoms with Crippen molar-refractivity contribution in [1.82, 2.24) is 10.3 Å². The molecule has 0 spiro atoms. The molecule has 0 atom stereocenters. The molecule has 1 aromatic carbocycles. The number of hydrogen-bond acceptors (Lipinski definition) is 3. The first-order valence-corrected chi connectivity index (χ1v) is 6.61. The fourth-order valence-corrected chi connectivity index (χ4v) is 1.69. The third kappa shape index (κ3) is 2.80. The highest BCUT2D eigenvalue weighted by atomic mass is 16.3. The van der Waals surface area contributed by atoms with Crippen molar-refractivity contribution >= 4 is 16.8 Å². The number of aliphatic hydroxyl groups is 1. The van der Waals surface area contributed by atoms with Crippen LogP contribution in [0.3, 0.4) is 0 Å². The number of fused-ring (bicyclic) bond motifs is 1. The van der Waals surface area contributed by atoms with Crippen LogP contribution in [0.2, 0.25) is 0 Å². The molecule has 2 aromatic rings. The van der Waals surface area contributed by atoms with E-state index in [-0.39, 0.29) is 5.91 Å². The van der Waals surface area contributed by atoms with Gasteiger partial charge in [0.25, 0.3) is 5.91 Å². The first-order valence-electron chi connectivity index (χ1n) is 6.61. The number of para-hydroxylation sites is 1. The van der Waals surface area contributed by atoms with Crippen LogP contribution in [0, 0.1) is 0 Å². The summed E-state index contributed by atoms with van der Waals surface area (Å²) in [5, 5.41) is 13.9. The van der Waals surface area contributed by atoms with Crippen molar-refractivity contribution in [3.8, 4) is 0 Å². The van der Waals surface area contributed by atoms with Gasteiger partial charge in [-0.15, -0.1) is 0 Å². The highest BCUT2D eigenvalue weighted by Gasteiger charge is 2.36. The van der Waals surface area contributed by atoms with Crippen molar-refractivity contribution in [2.75, 3.05) is 0 Å². The van der Waals surface area contributed by atoms with E-state index in [0.29, 0.717) is 5.69 Å². The minimum Gasteiger partial charge on any atom is -0.388 e. The van der Waals surface area contributed by atoms with Gasteiger partial charge in [-0.05, 0) is 39.8 Å². The summed E-state index contributed by atoms with van der Waals surface area (Å²) in [7, 11) is 0. The molecule has 0 bridgehead atoms. The summed E-state index contributed by atoms with van der Waals surface area (Å²) in [5.74, 6) is -0.289. The summed E-state index contributed by atoms with van der Waals surface area (Å²) in [6, 6.07) is 11.2. The molecule has 0 fully saturated rings. The van der Waals surface area contributed by atoms with Crippen LogP contribution in [0.1, 0.15) is 38.2 Å². The minimum atomic E-state index is -1.03. The fourth-order valence-electron chi connectivity index (χ4n) is 1.69. The summed E-state index contributed by atoms with van der Waals surface area (Å²) < 4.78 is 0. The first-order chi connectivity index (χ1) is 9.21. The van der Waals surface area contributed by atoms with Crippen molar-refractivity contribution in [3.63, 3.8) is 0 Å². The molecule has 2 N–H and O–H groups in total. The second-order valence-corrected chi connectivity index (χ2v) is 6.03. The minimum absolute atomic E-state index is 0.289. The molecule has 0 unspecified atom stereocenters. The number of nitrogens with zero attached hydrogens (tertiary/aromatic N) is 1. The van der Waals surface area contributed by atoms with E-state index < -0.39 is 11.1 Å². The molecule has 2 rings (SSSR count). The van der Waals surface area contributed by atoms with Gasteiger partial charge >= 0.3 is 0 Å². The van der Waals surface area contributed by atoms with Crippen LogP contribution in [0.15, 0.2) is 36.4 Å². The Morgan fingerprint density at radius 3 is 2.40 bits per heavy atom. The summed E-state index contributed by atoms with van der Waals surface area (Å²) in [6.45, 7) is 6.90. The number of rotatable bonds is 3. The molecular formula is C16H20N2O2. The molecular weight excluding hydrogens is 252 g/mol. The SMILES string of the molecule is CC(C)(O)C(C)(C)NC(=O)c1ccc2ccccc2n1. The number of carbonyl (C=O) groups is 1. The number of amides is 1. The van der Waals surface area contributed by atoms with Crippen LogP contribution in [0.25, 0.3) is 10.9 Å². The topological polar surface area (TPSA) is 62.2 Å². The van der Waals surface area contributed by atoms with E-state index in [0.717, 1.165) is 10.9 Å². The van der Waals surface area contributed by atoms with Crippen molar-refractivity contribution in [2.24, 2.45) is 0 Å². The van der Waals surface area contributed by atoms with Crippen LogP contribution in [0.4, 0.5) is 0 Å². The molecule has 1 aromatic heterocycles. The van der Waals surface area contributed by atoms with E-state index in [4.69, 9.17) is 0 Å². The van der Waals surface area contributed by atoms with Crippen molar-refractivity contribution in [1.29, 1.82) is 0 Å². The Balaban J connectivity index is 2.28. The van der Waals surface area contributed by atoms with Crippen LogP contribution in [-0.2, 0) is 0 Å². The van der Waals surface area contributed by atoms with E-state index >= 15 is 0 Å². The van der Waals surface area contributed by atoms with E-state index in [2.05, 4.69) is 10.3 Å². The Labute approximate surface area is 118 Å². The number of carbonyl (C=O) groups excluding carboxylic acids is 1. The maximum atomic E-state index is 12.3. The number of aromatic nitrogens is 1. The molecule has 0 saturated heterocycles. The normalized spacial score (nSPS) is 12.4. The van der Waals surface area contributed by atoms with Crippen LogP contribution < -0.4 is 5.32 Å². The average molecular weight is 272 g/mol. The largest absolute Gasteiger partial charge is 0.388 e. The molecule has 20 heavy (non-hydrogen) atoms. The van der Waals surface area contributed by atoms with Gasteiger partial charge in [0.15, 0.2) is 0 Å². The second-order valence-electron chi connectivity index (χ2n) is 6.03. The number of hydrogen-bond donors (Lipinski definition) is 2. The Hall–Kier alpha value is -1.94. The van der Waals surface area contributed by atoms with E-state index in [1.165, 1.54) is 0 Å². The van der Waals surface area contributed by atoms with Gasteiger partial charge in [-0.3, -0.25) is 4.79 Å². The maximum absolute atomic E-state index is 12.3. The van der Waals surface area contributed by atoms with E-state index in [1.807, 2.05) is 30.3 Å². The van der Waals surface area contributed by atoms with Gasteiger partial charge in [-0.1, -0.05) is 24.3 Å². The summed E-state index contributed by atoms with van der Waals surface area (Å²) in [6.07, 6.45) is 0. The third-order valence-corrected chi connectivity index (χ3v) is 3.79. The Morgan fingerprint density at radius 1 is 1.10 bits per heavy atom. The maximum Gasteiger partial charge on any atom is 0.270 e. The van der Waals surface area contributed by atoms with Gasteiger partial charge < -0.3 is 10.4 Å². The van der Waals surface area contributed by atoms with Crippen LogP contribution >= 0.6 is 0 Å². The molecule has 0 aliphatic heterocycles. The van der Waals surface area contributed by atoms with Crippen LogP contribution in [-0.4, -0.2) is 27.1 Å². The fraction of sp³-hybridized carbons (Fsp3) is 0.375. The smallest absolute Gasteiger partial charge is 0.270 e. The molecule has 0 aliphatic rings. The standard InChI is InChI=1S/C16H20N2O2/c1-15(2,16(3,4)20)18-14(19)13-10-9-11-7-5-6-8-12(11)17-13/h5-10,20H,1-4H3,(H,18,19). The van der Waals surface area contributed by atoms with E-state index in [1.54, 1.807) is 33.8 Å². The van der Waals surface area contributed by atoms with Gasteiger partial charge in [0.05, 0.1) is 16.7 Å². The Bertz CT molecular complexity index is 642. The first kappa shape index (κ1) is 14.5. The van der Waals surface area contributed by atoms with Gasteiger partial charge in [0.2, 0.25) is 0 Å². The van der Waals surface area contributed by atoms with Gasteiger partial charge in [-0.25, -0.2) is 4.98 Å². The van der Waals surface area contributed by atoms with Gasteiger partial charge in [-0.2, -0.15) is 0 Å². The Kier molecular flexibility index (Phi) is 3.52. The quantitative estimate of drug-likeness (QED) is 0.902. The zero-order valence-electron chi connectivity index (χ0n) is 12.3. The lowest BCUT2D eigenvalue weighted by Crippen LogP contribution is -2.57. The molecule has 1 heterocycles. The zero-order valence-corrected chi connectivity index (χ0v) is 12.3. The monoisotopic (exact) mass is 272 g/mol. The van der Waals surface area contributed by atoms with E-state index in [9.17, 15) is 9.90 Å². The van der Waals surface area contributed by atoms with Gasteiger partial charge in [0, 0.05) is 5.39 Å². The zero-order chi connectivity index (χ0) is 15.0. The number of pyridine rings is 1. The highest BCUT2D eigenvalue weighted by molar-refractivity contribution is 5.95. The Morgan fingerprint density at radius 2 is 1.75 bits per heavy atom. The molecule has 0 saturated carbocycles. The number of nitrogens with one attached hydrogen (secondary N) is 1. The lowest BCUT2D eigenvalue weighted by Gasteiger charge is -2.37. The van der Waals surface area contributed by atoms with Crippen molar-refractivity contribution < 1.29 is 9.90 Å². The van der Waals surface area contributed by atoms with Crippen molar-refractivity contribution in [2.45, 2.75) is 38.8 Å². The summed E-state index contributed by atoms with van der Waals surface area (Å²) >= 11 is 0. The second kappa shape index (κ2) is 4.87. The molecule has 0 radical (unpaired) electrons. The summed E-state index contributed by atoms with van der Waals surface area (Å²) in [4.78, 5) is 16.6. The predicted octanol–water partition coefficient (Wildman–Crippen LogP) is 2.51. The lowest BCUT2D eigenvalue weighted by atomic mass is 9.86. The highest BCUT2D eigenvalue weighted by Crippen LogP contribution is 2.21. The molecule has 4 nitrogen and oxygen atoms in total. The van der Waals surface area contributed by atoms with Crippen molar-refractivity contribution in [3.05, 3.63) is 42.1 Å².